The van der Waals surface area contributed by atoms with Crippen molar-refractivity contribution in [3.8, 4) is 11.5 Å². The van der Waals surface area contributed by atoms with E-state index in [9.17, 15) is 21.6 Å². The van der Waals surface area contributed by atoms with Crippen LogP contribution in [-0.4, -0.2) is 40.4 Å². The molecule has 0 fully saturated rings. The van der Waals surface area contributed by atoms with Crippen LogP contribution in [0.5, 0.6) is 11.5 Å². The Morgan fingerprint density at radius 3 is 1.74 bits per heavy atom. The van der Waals surface area contributed by atoms with E-state index in [4.69, 9.17) is 9.47 Å². The van der Waals surface area contributed by atoms with Gasteiger partial charge in [-0.1, -0.05) is 6.07 Å². The number of fused-ring (bicyclic) bond motifs is 1. The van der Waals surface area contributed by atoms with Gasteiger partial charge in [-0.05, 0) is 60.7 Å². The lowest BCUT2D eigenvalue weighted by Gasteiger charge is -2.23. The maximum absolute atomic E-state index is 13.7. The first-order valence-electron chi connectivity index (χ1n) is 9.75. The molecule has 176 valence electrons. The van der Waals surface area contributed by atoms with E-state index < -0.39 is 31.3 Å². The fourth-order valence-corrected chi connectivity index (χ4v) is 6.88. The predicted molar refractivity (Wildman–Crippen MR) is 124 cm³/mol. The maximum Gasteiger partial charge on any atom is 0.283 e. The van der Waals surface area contributed by atoms with Crippen molar-refractivity contribution in [3.05, 3.63) is 89.5 Å². The zero-order chi connectivity index (χ0) is 24.5. The van der Waals surface area contributed by atoms with Gasteiger partial charge in [0.25, 0.3) is 25.6 Å². The molecule has 0 saturated carbocycles. The summed E-state index contributed by atoms with van der Waals surface area (Å²) in [4.78, 5) is 16.6. The van der Waals surface area contributed by atoms with Crippen LogP contribution in [0.2, 0.25) is 0 Å². The van der Waals surface area contributed by atoms with E-state index in [0.29, 0.717) is 11.5 Å². The Morgan fingerprint density at radius 2 is 1.26 bits per heavy atom. The molecule has 0 atom stereocenters. The lowest BCUT2D eigenvalue weighted by molar-refractivity contribution is 0.414. The van der Waals surface area contributed by atoms with Crippen LogP contribution in [0.1, 0.15) is 0 Å². The molecule has 0 saturated heterocycles. The van der Waals surface area contributed by atoms with Crippen molar-refractivity contribution in [2.75, 3.05) is 17.9 Å². The number of nitrogens with zero attached hydrogens (tertiary/aromatic N) is 3. The van der Waals surface area contributed by atoms with Gasteiger partial charge in [0.1, 0.15) is 17.1 Å². The standard InChI is InChI=1S/C22H19N3O7S2/c1-31-16-6-10-18(11-7-16)33(27,28)25(34(29,30)19-12-8-17(32-2)9-13-19)20-15-23-21-5-3-4-14-24(21)22(20)26/h3-15H,1-2H3. The average Bonchev–Trinajstić information content (AvgIpc) is 2.85. The third-order valence-corrected chi connectivity index (χ3v) is 9.12. The van der Waals surface area contributed by atoms with E-state index >= 15 is 0 Å². The van der Waals surface area contributed by atoms with Crippen LogP contribution in [0, 0.1) is 0 Å². The number of rotatable bonds is 7. The third kappa shape index (κ3) is 3.97. The van der Waals surface area contributed by atoms with Gasteiger partial charge in [0, 0.05) is 6.20 Å². The molecule has 0 amide bonds. The van der Waals surface area contributed by atoms with Gasteiger partial charge in [-0.3, -0.25) is 9.20 Å². The highest BCUT2D eigenvalue weighted by molar-refractivity contribution is 8.10. The van der Waals surface area contributed by atoms with Crippen molar-refractivity contribution in [3.63, 3.8) is 0 Å². The molecule has 0 unspecified atom stereocenters. The van der Waals surface area contributed by atoms with E-state index in [1.807, 2.05) is 0 Å². The number of ether oxygens (including phenoxy) is 2. The number of pyridine rings is 1. The van der Waals surface area contributed by atoms with E-state index in [1.54, 1.807) is 12.1 Å². The van der Waals surface area contributed by atoms with E-state index in [2.05, 4.69) is 4.98 Å². The maximum atomic E-state index is 13.7. The molecule has 0 aliphatic heterocycles. The molecule has 4 rings (SSSR count). The van der Waals surface area contributed by atoms with Crippen LogP contribution in [0.4, 0.5) is 5.69 Å². The molecule has 0 aliphatic carbocycles. The number of anilines is 1. The predicted octanol–water partition coefficient (Wildman–Crippen LogP) is 2.30. The van der Waals surface area contributed by atoms with Crippen LogP contribution in [0.3, 0.4) is 0 Å². The van der Waals surface area contributed by atoms with E-state index in [1.165, 1.54) is 75.0 Å². The van der Waals surface area contributed by atoms with Crippen LogP contribution in [0.15, 0.2) is 93.7 Å². The van der Waals surface area contributed by atoms with Gasteiger partial charge in [0.05, 0.1) is 30.2 Å². The molecule has 2 aromatic heterocycles. The first-order chi connectivity index (χ1) is 16.2. The highest BCUT2D eigenvalue weighted by Gasteiger charge is 2.39. The first kappa shape index (κ1) is 23.3. The zero-order valence-corrected chi connectivity index (χ0v) is 19.7. The topological polar surface area (TPSA) is 124 Å². The Bertz CT molecular complexity index is 1540. The first-order valence-corrected chi connectivity index (χ1v) is 12.6. The van der Waals surface area contributed by atoms with Gasteiger partial charge in [0.15, 0.2) is 5.69 Å². The Balaban J connectivity index is 2.00. The molecule has 0 bridgehead atoms. The highest BCUT2D eigenvalue weighted by Crippen LogP contribution is 2.30. The van der Waals surface area contributed by atoms with Crippen LogP contribution < -0.4 is 18.7 Å². The zero-order valence-electron chi connectivity index (χ0n) is 18.0. The number of sulfonamides is 2. The largest absolute Gasteiger partial charge is 0.497 e. The average molecular weight is 502 g/mol. The second kappa shape index (κ2) is 8.80. The summed E-state index contributed by atoms with van der Waals surface area (Å²) in [5.41, 5.74) is -1.31. The van der Waals surface area contributed by atoms with Gasteiger partial charge in [-0.25, -0.2) is 21.8 Å². The van der Waals surface area contributed by atoms with Gasteiger partial charge in [-0.15, -0.1) is 3.71 Å². The lowest BCUT2D eigenvalue weighted by Crippen LogP contribution is -2.41. The van der Waals surface area contributed by atoms with Gasteiger partial charge >= 0.3 is 0 Å². The summed E-state index contributed by atoms with van der Waals surface area (Å²) < 4.78 is 66.0. The fourth-order valence-electron chi connectivity index (χ4n) is 3.22. The number of benzene rings is 2. The third-order valence-electron chi connectivity index (χ3n) is 4.94. The second-order valence-electron chi connectivity index (χ2n) is 6.94. The van der Waals surface area contributed by atoms with Crippen molar-refractivity contribution >= 4 is 31.4 Å². The number of methoxy groups -OCH3 is 2. The minimum absolute atomic E-state index is 0.110. The Kier molecular flexibility index (Phi) is 6.02. The summed E-state index contributed by atoms with van der Waals surface area (Å²) in [6.45, 7) is 0. The summed E-state index contributed by atoms with van der Waals surface area (Å²) in [5.74, 6) is 0.743. The molecule has 12 heteroatoms. The van der Waals surface area contributed by atoms with Crippen molar-refractivity contribution in [2.45, 2.75) is 9.79 Å². The number of aromatic nitrogens is 2. The molecule has 0 aliphatic rings. The van der Waals surface area contributed by atoms with Crippen molar-refractivity contribution in [1.82, 2.24) is 9.38 Å². The molecule has 2 heterocycles. The molecule has 10 nitrogen and oxygen atoms in total. The minimum atomic E-state index is -4.79. The quantitative estimate of drug-likeness (QED) is 0.378. The van der Waals surface area contributed by atoms with Crippen LogP contribution in [-0.2, 0) is 20.0 Å². The van der Waals surface area contributed by atoms with E-state index in [0.717, 1.165) is 10.6 Å². The number of hydrogen-bond donors (Lipinski definition) is 0. The Labute approximate surface area is 195 Å². The van der Waals surface area contributed by atoms with Crippen LogP contribution >= 0.6 is 0 Å². The molecule has 0 N–H and O–H groups in total. The number of hydrogen-bond acceptors (Lipinski definition) is 8. The summed E-state index contributed by atoms with van der Waals surface area (Å²) in [6, 6.07) is 15.0. The van der Waals surface area contributed by atoms with E-state index in [-0.39, 0.29) is 19.1 Å². The molecular formula is C22H19N3O7S2. The van der Waals surface area contributed by atoms with Gasteiger partial charge in [0.2, 0.25) is 0 Å². The van der Waals surface area contributed by atoms with Crippen LogP contribution in [0.25, 0.3) is 5.65 Å². The second-order valence-corrected chi connectivity index (χ2v) is 10.7. The molecule has 4 aromatic rings. The monoisotopic (exact) mass is 501 g/mol. The Hall–Kier alpha value is -3.90. The molecule has 0 radical (unpaired) electrons. The lowest BCUT2D eigenvalue weighted by atomic mass is 10.3. The molecular weight excluding hydrogens is 482 g/mol. The molecule has 0 spiro atoms. The van der Waals surface area contributed by atoms with Gasteiger partial charge < -0.3 is 9.47 Å². The smallest absolute Gasteiger partial charge is 0.283 e. The van der Waals surface area contributed by atoms with Crippen molar-refractivity contribution in [1.29, 1.82) is 0 Å². The van der Waals surface area contributed by atoms with Crippen molar-refractivity contribution in [2.24, 2.45) is 0 Å². The highest BCUT2D eigenvalue weighted by atomic mass is 32.3. The van der Waals surface area contributed by atoms with Gasteiger partial charge in [-0.2, -0.15) is 0 Å². The molecule has 2 aromatic carbocycles. The summed E-state index contributed by atoms with van der Waals surface area (Å²) in [6.07, 6.45) is 2.30. The van der Waals surface area contributed by atoms with Crippen molar-refractivity contribution < 1.29 is 26.3 Å². The summed E-state index contributed by atoms with van der Waals surface area (Å²) in [5, 5.41) is 0. The SMILES string of the molecule is COc1ccc(S(=O)(=O)N(c2cnc3ccccn3c2=O)S(=O)(=O)c2ccc(OC)cc2)cc1. The summed E-state index contributed by atoms with van der Waals surface area (Å²) in [7, 11) is -6.76. The normalized spacial score (nSPS) is 11.8. The Morgan fingerprint density at radius 1 is 0.765 bits per heavy atom. The minimum Gasteiger partial charge on any atom is -0.497 e. The summed E-state index contributed by atoms with van der Waals surface area (Å²) >= 11 is 0. The molecule has 34 heavy (non-hydrogen) atoms. The fraction of sp³-hybridized carbons (Fsp3) is 0.0909.